The highest BCUT2D eigenvalue weighted by atomic mass is 16.5. The molecule has 0 radical (unpaired) electrons. The van der Waals surface area contributed by atoms with Gasteiger partial charge in [0.2, 0.25) is 0 Å². The van der Waals surface area contributed by atoms with Crippen LogP contribution in [0.25, 0.3) is 0 Å². The average Bonchev–Trinajstić information content (AvgIpc) is 2.26. The fraction of sp³-hybridized carbons (Fsp3) is 1.00. The van der Waals surface area contributed by atoms with Crippen molar-refractivity contribution in [3.8, 4) is 0 Å². The fourth-order valence-electron chi connectivity index (χ4n) is 2.19. The molecule has 2 unspecified atom stereocenters. The van der Waals surface area contributed by atoms with Gasteiger partial charge in [0.15, 0.2) is 0 Å². The van der Waals surface area contributed by atoms with Crippen molar-refractivity contribution in [2.24, 2.45) is 5.92 Å². The van der Waals surface area contributed by atoms with Gasteiger partial charge in [-0.25, -0.2) is 0 Å². The van der Waals surface area contributed by atoms with E-state index in [-0.39, 0.29) is 0 Å². The zero-order chi connectivity index (χ0) is 12.0. The Labute approximate surface area is 99.3 Å². The van der Waals surface area contributed by atoms with Crippen LogP contribution >= 0.6 is 0 Å². The Morgan fingerprint density at radius 1 is 1.50 bits per heavy atom. The molecule has 1 heterocycles. The molecule has 4 heteroatoms. The maximum Gasteiger partial charge on any atom is 0.0826 e. The van der Waals surface area contributed by atoms with Gasteiger partial charge in [0.25, 0.3) is 0 Å². The minimum atomic E-state index is 0.317. The van der Waals surface area contributed by atoms with E-state index in [0.717, 1.165) is 32.8 Å². The second-order valence-electron chi connectivity index (χ2n) is 4.90. The number of nitrogens with one attached hydrogen (secondary N) is 1. The lowest BCUT2D eigenvalue weighted by atomic mass is 10.0. The Hall–Kier alpha value is -0.160. The number of morpholine rings is 1. The second-order valence-corrected chi connectivity index (χ2v) is 4.90. The van der Waals surface area contributed by atoms with Gasteiger partial charge in [-0.3, -0.25) is 4.90 Å². The van der Waals surface area contributed by atoms with Crippen molar-refractivity contribution in [2.75, 3.05) is 47.0 Å². The van der Waals surface area contributed by atoms with Crippen molar-refractivity contribution < 1.29 is 9.47 Å². The van der Waals surface area contributed by atoms with Crippen molar-refractivity contribution in [1.29, 1.82) is 0 Å². The zero-order valence-electron chi connectivity index (χ0n) is 11.0. The van der Waals surface area contributed by atoms with E-state index < -0.39 is 0 Å². The first-order valence-electron chi connectivity index (χ1n) is 6.16. The Morgan fingerprint density at radius 3 is 2.75 bits per heavy atom. The van der Waals surface area contributed by atoms with E-state index in [0.29, 0.717) is 18.1 Å². The van der Waals surface area contributed by atoms with Gasteiger partial charge in [-0.1, -0.05) is 13.8 Å². The van der Waals surface area contributed by atoms with Gasteiger partial charge in [-0.2, -0.15) is 0 Å². The predicted molar refractivity (Wildman–Crippen MR) is 65.7 cm³/mol. The molecule has 1 fully saturated rings. The van der Waals surface area contributed by atoms with Crippen molar-refractivity contribution >= 4 is 0 Å². The van der Waals surface area contributed by atoms with E-state index in [4.69, 9.17) is 9.47 Å². The van der Waals surface area contributed by atoms with Gasteiger partial charge in [0.05, 0.1) is 19.3 Å². The van der Waals surface area contributed by atoms with Gasteiger partial charge in [0, 0.05) is 32.8 Å². The summed E-state index contributed by atoms with van der Waals surface area (Å²) in [6.07, 6.45) is 0.317. The number of methoxy groups -OCH3 is 1. The molecular formula is C12H26N2O2. The van der Waals surface area contributed by atoms with Gasteiger partial charge >= 0.3 is 0 Å². The molecule has 0 spiro atoms. The molecule has 0 amide bonds. The molecule has 1 N–H and O–H groups in total. The van der Waals surface area contributed by atoms with Gasteiger partial charge < -0.3 is 14.8 Å². The first kappa shape index (κ1) is 13.9. The third-order valence-corrected chi connectivity index (χ3v) is 3.17. The minimum absolute atomic E-state index is 0.317. The number of hydrogen-bond donors (Lipinski definition) is 1. The highest BCUT2D eigenvalue weighted by Gasteiger charge is 2.22. The molecule has 0 aromatic rings. The van der Waals surface area contributed by atoms with E-state index in [1.165, 1.54) is 0 Å². The highest BCUT2D eigenvalue weighted by molar-refractivity contribution is 4.77. The minimum Gasteiger partial charge on any atom is -0.383 e. The molecular weight excluding hydrogens is 204 g/mol. The van der Waals surface area contributed by atoms with Crippen molar-refractivity contribution in [3.05, 3.63) is 0 Å². The molecule has 1 aliphatic rings. The number of ether oxygens (including phenoxy) is 2. The first-order valence-corrected chi connectivity index (χ1v) is 6.16. The summed E-state index contributed by atoms with van der Waals surface area (Å²) in [4.78, 5) is 2.35. The number of nitrogens with zero attached hydrogens (tertiary/aromatic N) is 1. The van der Waals surface area contributed by atoms with Gasteiger partial charge in [0.1, 0.15) is 0 Å². The van der Waals surface area contributed by atoms with Gasteiger partial charge in [-0.05, 0) is 13.0 Å². The summed E-state index contributed by atoms with van der Waals surface area (Å²) in [5, 5.41) is 3.36. The molecule has 16 heavy (non-hydrogen) atoms. The zero-order valence-corrected chi connectivity index (χ0v) is 11.0. The lowest BCUT2D eigenvalue weighted by molar-refractivity contribution is -0.0113. The topological polar surface area (TPSA) is 33.7 Å². The molecule has 1 aliphatic heterocycles. The number of likely N-dealkylation sites (N-methyl/N-ethyl adjacent to an activating group) is 1. The first-order chi connectivity index (χ1) is 7.65. The Kier molecular flexibility index (Phi) is 6.28. The number of hydrogen-bond acceptors (Lipinski definition) is 4. The van der Waals surface area contributed by atoms with Crippen LogP contribution in [0.1, 0.15) is 13.8 Å². The summed E-state index contributed by atoms with van der Waals surface area (Å²) in [6.45, 7) is 9.00. The van der Waals surface area contributed by atoms with Crippen LogP contribution in [0.15, 0.2) is 0 Å². The average molecular weight is 230 g/mol. The van der Waals surface area contributed by atoms with Crippen LogP contribution < -0.4 is 5.32 Å². The van der Waals surface area contributed by atoms with Gasteiger partial charge in [-0.15, -0.1) is 0 Å². The van der Waals surface area contributed by atoms with Crippen LogP contribution in [0.3, 0.4) is 0 Å². The van der Waals surface area contributed by atoms with Crippen LogP contribution in [0, 0.1) is 5.92 Å². The highest BCUT2D eigenvalue weighted by Crippen LogP contribution is 2.11. The number of rotatable bonds is 6. The molecule has 0 aromatic carbocycles. The molecule has 0 bridgehead atoms. The molecule has 2 atom stereocenters. The quantitative estimate of drug-likeness (QED) is 0.723. The monoisotopic (exact) mass is 230 g/mol. The van der Waals surface area contributed by atoms with E-state index in [1.54, 1.807) is 7.11 Å². The molecule has 4 nitrogen and oxygen atoms in total. The molecule has 0 aliphatic carbocycles. The van der Waals surface area contributed by atoms with Crippen LogP contribution in [0.4, 0.5) is 0 Å². The largest absolute Gasteiger partial charge is 0.383 e. The summed E-state index contributed by atoms with van der Waals surface area (Å²) in [5.74, 6) is 0.599. The smallest absolute Gasteiger partial charge is 0.0826 e. The van der Waals surface area contributed by atoms with E-state index in [2.05, 4.69) is 31.1 Å². The van der Waals surface area contributed by atoms with Crippen molar-refractivity contribution in [2.45, 2.75) is 26.0 Å². The molecule has 1 saturated heterocycles. The summed E-state index contributed by atoms with van der Waals surface area (Å²) >= 11 is 0. The lowest BCUT2D eigenvalue weighted by Gasteiger charge is -2.34. The SMILES string of the molecule is COCC(C(C)C)N(C)CC1CNCCO1. The van der Waals surface area contributed by atoms with E-state index >= 15 is 0 Å². The van der Waals surface area contributed by atoms with Crippen LogP contribution in [-0.2, 0) is 9.47 Å². The van der Waals surface area contributed by atoms with Crippen molar-refractivity contribution in [3.63, 3.8) is 0 Å². The summed E-state index contributed by atoms with van der Waals surface area (Å²) in [5.41, 5.74) is 0. The van der Waals surface area contributed by atoms with Crippen LogP contribution in [0.2, 0.25) is 0 Å². The Balaban J connectivity index is 2.37. The fourth-order valence-corrected chi connectivity index (χ4v) is 2.19. The maximum atomic E-state index is 5.71. The molecule has 1 rings (SSSR count). The molecule has 96 valence electrons. The van der Waals surface area contributed by atoms with Crippen molar-refractivity contribution in [1.82, 2.24) is 10.2 Å². The predicted octanol–water partition coefficient (Wildman–Crippen LogP) is 0.578. The summed E-state index contributed by atoms with van der Waals surface area (Å²) in [6, 6.07) is 0.468. The molecule has 0 saturated carbocycles. The normalized spacial score (nSPS) is 24.0. The Bertz CT molecular complexity index is 182. The van der Waals surface area contributed by atoms with Crippen LogP contribution in [-0.4, -0.2) is 64.1 Å². The molecule has 0 aromatic heterocycles. The Morgan fingerprint density at radius 2 is 2.25 bits per heavy atom. The maximum absolute atomic E-state index is 5.71. The summed E-state index contributed by atoms with van der Waals surface area (Å²) in [7, 11) is 3.92. The lowest BCUT2D eigenvalue weighted by Crippen LogP contribution is -2.49. The van der Waals surface area contributed by atoms with E-state index in [1.807, 2.05) is 0 Å². The second kappa shape index (κ2) is 7.22. The third kappa shape index (κ3) is 4.37. The van der Waals surface area contributed by atoms with E-state index in [9.17, 15) is 0 Å². The van der Waals surface area contributed by atoms with Crippen LogP contribution in [0.5, 0.6) is 0 Å². The standard InChI is InChI=1S/C12H26N2O2/c1-10(2)12(9-15-4)14(3)8-11-7-13-5-6-16-11/h10-13H,5-9H2,1-4H3. The summed E-state index contributed by atoms with van der Waals surface area (Å²) < 4.78 is 11.0. The third-order valence-electron chi connectivity index (χ3n) is 3.17.